The average molecular weight is 503 g/mol. The maximum atomic E-state index is 14.6. The molecule has 0 atom stereocenters. The van der Waals surface area contributed by atoms with Crippen LogP contribution in [-0.2, 0) is 17.4 Å². The number of pyridine rings is 1. The fraction of sp³-hybridized carbons (Fsp3) is 0.292. The fourth-order valence-corrected chi connectivity index (χ4v) is 3.89. The number of H-pyrrole nitrogens is 1. The number of nitrogens with zero attached hydrogens (tertiary/aromatic N) is 4. The van der Waals surface area contributed by atoms with Gasteiger partial charge in [0.15, 0.2) is 0 Å². The van der Waals surface area contributed by atoms with E-state index in [4.69, 9.17) is 0 Å². The highest BCUT2D eigenvalue weighted by molar-refractivity contribution is 6.01. The summed E-state index contributed by atoms with van der Waals surface area (Å²) in [6, 6.07) is 5.57. The second-order valence-electron chi connectivity index (χ2n) is 8.41. The third kappa shape index (κ3) is 4.97. The quantitative estimate of drug-likeness (QED) is 0.552. The van der Waals surface area contributed by atoms with Gasteiger partial charge in [-0.05, 0) is 49.2 Å². The molecule has 12 heteroatoms. The number of alkyl halides is 3. The fourth-order valence-electron chi connectivity index (χ4n) is 3.89. The van der Waals surface area contributed by atoms with Gasteiger partial charge in [0.25, 0.3) is 11.5 Å². The van der Waals surface area contributed by atoms with E-state index in [9.17, 15) is 31.9 Å². The minimum absolute atomic E-state index is 0.0219. The van der Waals surface area contributed by atoms with Gasteiger partial charge in [-0.25, -0.2) is 14.5 Å². The molecule has 3 aromatic rings. The van der Waals surface area contributed by atoms with E-state index in [-0.39, 0.29) is 36.5 Å². The van der Waals surface area contributed by atoms with E-state index in [1.165, 1.54) is 12.1 Å². The molecular formula is C24H21F4N5O3. The summed E-state index contributed by atoms with van der Waals surface area (Å²) in [6.45, 7) is 2.84. The van der Waals surface area contributed by atoms with Gasteiger partial charge < -0.3 is 4.90 Å². The van der Waals surface area contributed by atoms with Gasteiger partial charge in [0.2, 0.25) is 5.91 Å². The molecule has 1 fully saturated rings. The Morgan fingerprint density at radius 2 is 1.83 bits per heavy atom. The Balaban J connectivity index is 1.51. The van der Waals surface area contributed by atoms with Gasteiger partial charge >= 0.3 is 6.18 Å². The van der Waals surface area contributed by atoms with Crippen molar-refractivity contribution in [3.05, 3.63) is 86.2 Å². The molecule has 3 heterocycles. The molecule has 188 valence electrons. The Morgan fingerprint density at radius 1 is 1.08 bits per heavy atom. The number of carbonyl (C=O) groups is 2. The van der Waals surface area contributed by atoms with Crippen molar-refractivity contribution >= 4 is 17.6 Å². The van der Waals surface area contributed by atoms with Crippen molar-refractivity contribution in [3.63, 3.8) is 0 Å². The lowest BCUT2D eigenvalue weighted by atomic mass is 10.0. The first kappa shape index (κ1) is 25.0. The molecular weight excluding hydrogens is 482 g/mol. The van der Waals surface area contributed by atoms with E-state index >= 15 is 0 Å². The van der Waals surface area contributed by atoms with Crippen LogP contribution in [0.25, 0.3) is 0 Å². The van der Waals surface area contributed by atoms with Gasteiger partial charge in [0.05, 0.1) is 16.8 Å². The van der Waals surface area contributed by atoms with Crippen LogP contribution in [0.3, 0.4) is 0 Å². The maximum Gasteiger partial charge on any atom is 0.416 e. The molecule has 2 amide bonds. The van der Waals surface area contributed by atoms with Crippen LogP contribution < -0.4 is 10.5 Å². The molecule has 1 aliphatic rings. The summed E-state index contributed by atoms with van der Waals surface area (Å²) >= 11 is 0. The SMILES string of the molecule is Cc1c(Cc2ccc(F)c(C(=O)N3CCN(c4cc(C(F)(F)F)ccn4)C(=O)C3)c2)n[nH]c(=O)c1C. The monoisotopic (exact) mass is 503 g/mol. The molecule has 1 aromatic carbocycles. The van der Waals surface area contributed by atoms with Crippen LogP contribution in [0.15, 0.2) is 41.3 Å². The molecule has 0 spiro atoms. The lowest BCUT2D eigenvalue weighted by Crippen LogP contribution is -2.52. The molecule has 0 radical (unpaired) electrons. The number of piperazine rings is 1. The highest BCUT2D eigenvalue weighted by atomic mass is 19.4. The number of halogens is 4. The van der Waals surface area contributed by atoms with Crippen LogP contribution in [0, 0.1) is 19.7 Å². The van der Waals surface area contributed by atoms with Crippen LogP contribution in [0.2, 0.25) is 0 Å². The largest absolute Gasteiger partial charge is 0.416 e. The molecule has 8 nitrogen and oxygen atoms in total. The van der Waals surface area contributed by atoms with Crippen molar-refractivity contribution in [2.24, 2.45) is 0 Å². The van der Waals surface area contributed by atoms with Gasteiger partial charge in [0, 0.05) is 31.3 Å². The molecule has 4 rings (SSSR count). The van der Waals surface area contributed by atoms with Crippen molar-refractivity contribution in [2.45, 2.75) is 26.4 Å². The van der Waals surface area contributed by atoms with E-state index < -0.39 is 35.9 Å². The van der Waals surface area contributed by atoms with E-state index in [2.05, 4.69) is 15.2 Å². The summed E-state index contributed by atoms with van der Waals surface area (Å²) in [6.07, 6.45) is -3.40. The number of hydrogen-bond donors (Lipinski definition) is 1. The second kappa shape index (κ2) is 9.51. The summed E-state index contributed by atoms with van der Waals surface area (Å²) in [5.41, 5.74) is 0.820. The Hall–Kier alpha value is -4.09. The van der Waals surface area contributed by atoms with Crippen LogP contribution in [-0.4, -0.2) is 51.5 Å². The third-order valence-corrected chi connectivity index (χ3v) is 6.12. The molecule has 36 heavy (non-hydrogen) atoms. The molecule has 1 aliphatic heterocycles. The number of nitrogens with one attached hydrogen (secondary N) is 1. The summed E-state index contributed by atoms with van der Waals surface area (Å²) in [7, 11) is 0. The normalized spacial score (nSPS) is 14.3. The first-order valence-corrected chi connectivity index (χ1v) is 10.9. The molecule has 0 aliphatic carbocycles. The van der Waals surface area contributed by atoms with Crippen molar-refractivity contribution in [2.75, 3.05) is 24.5 Å². The molecule has 1 saturated heterocycles. The molecule has 0 bridgehead atoms. The highest BCUT2D eigenvalue weighted by Gasteiger charge is 2.34. The highest BCUT2D eigenvalue weighted by Crippen LogP contribution is 2.31. The van der Waals surface area contributed by atoms with Crippen molar-refractivity contribution in [3.8, 4) is 0 Å². The first-order valence-electron chi connectivity index (χ1n) is 10.9. The minimum atomic E-state index is -4.59. The van der Waals surface area contributed by atoms with Gasteiger partial charge in [-0.3, -0.25) is 19.3 Å². The first-order chi connectivity index (χ1) is 17.0. The van der Waals surface area contributed by atoms with Crippen LogP contribution >= 0.6 is 0 Å². The van der Waals surface area contributed by atoms with Crippen molar-refractivity contribution in [1.82, 2.24) is 20.1 Å². The lowest BCUT2D eigenvalue weighted by molar-refractivity contribution is -0.137. The zero-order valence-corrected chi connectivity index (χ0v) is 19.3. The van der Waals surface area contributed by atoms with Gasteiger partial charge in [-0.1, -0.05) is 6.07 Å². The number of anilines is 1. The van der Waals surface area contributed by atoms with E-state index in [1.54, 1.807) is 13.8 Å². The van der Waals surface area contributed by atoms with Crippen molar-refractivity contribution < 1.29 is 27.2 Å². The molecule has 0 saturated carbocycles. The topological polar surface area (TPSA) is 99.3 Å². The number of hydrogen-bond acceptors (Lipinski definition) is 5. The lowest BCUT2D eigenvalue weighted by Gasteiger charge is -2.34. The smallest absolute Gasteiger partial charge is 0.327 e. The summed E-state index contributed by atoms with van der Waals surface area (Å²) < 4.78 is 53.6. The number of amides is 2. The standard InChI is InChI=1S/C24H21F4N5O3/c1-13-14(2)22(35)31-30-19(13)10-15-3-4-18(25)17(9-15)23(36)32-7-8-33(21(34)12-32)20-11-16(5-6-29-20)24(26,27)28/h3-6,9,11H,7-8,10,12H2,1-2H3,(H,31,35). The zero-order valence-electron chi connectivity index (χ0n) is 19.3. The minimum Gasteiger partial charge on any atom is -0.327 e. The molecule has 2 aromatic heterocycles. The number of benzene rings is 1. The van der Waals surface area contributed by atoms with Gasteiger partial charge in [-0.15, -0.1) is 0 Å². The van der Waals surface area contributed by atoms with Crippen LogP contribution in [0.1, 0.15) is 38.3 Å². The second-order valence-corrected chi connectivity index (χ2v) is 8.41. The Labute approximate surface area is 202 Å². The van der Waals surface area contributed by atoms with Crippen molar-refractivity contribution in [1.29, 1.82) is 0 Å². The van der Waals surface area contributed by atoms with E-state index in [1.807, 2.05) is 0 Å². The Morgan fingerprint density at radius 3 is 2.53 bits per heavy atom. The Bertz CT molecular complexity index is 1400. The van der Waals surface area contributed by atoms with Crippen LogP contribution in [0.4, 0.5) is 23.4 Å². The predicted octanol–water partition coefficient (Wildman–Crippen LogP) is 3.02. The number of carbonyl (C=O) groups excluding carboxylic acids is 2. The number of rotatable bonds is 4. The number of aromatic amines is 1. The molecule has 1 N–H and O–H groups in total. The number of aromatic nitrogens is 3. The third-order valence-electron chi connectivity index (χ3n) is 6.12. The maximum absolute atomic E-state index is 14.6. The summed E-state index contributed by atoms with van der Waals surface area (Å²) in [5, 5.41) is 6.44. The van der Waals surface area contributed by atoms with E-state index in [0.717, 1.165) is 34.2 Å². The average Bonchev–Trinajstić information content (AvgIpc) is 2.84. The van der Waals surface area contributed by atoms with Crippen LogP contribution in [0.5, 0.6) is 0 Å². The van der Waals surface area contributed by atoms with Gasteiger partial charge in [0.1, 0.15) is 18.2 Å². The summed E-state index contributed by atoms with van der Waals surface area (Å²) in [5.74, 6) is -2.31. The Kier molecular flexibility index (Phi) is 6.61. The van der Waals surface area contributed by atoms with E-state index in [0.29, 0.717) is 22.4 Å². The zero-order chi connectivity index (χ0) is 26.2. The van der Waals surface area contributed by atoms with Gasteiger partial charge in [-0.2, -0.15) is 18.3 Å². The molecule has 0 unspecified atom stereocenters. The summed E-state index contributed by atoms with van der Waals surface area (Å²) in [4.78, 5) is 43.5. The predicted molar refractivity (Wildman–Crippen MR) is 121 cm³/mol.